The molecule has 3 rings (SSSR count). The maximum atomic E-state index is 12.9. The third-order valence-electron chi connectivity index (χ3n) is 5.13. The Labute approximate surface area is 182 Å². The van der Waals surface area contributed by atoms with E-state index >= 15 is 0 Å². The summed E-state index contributed by atoms with van der Waals surface area (Å²) >= 11 is 0. The van der Waals surface area contributed by atoms with Gasteiger partial charge in [0.05, 0.1) is 6.54 Å². The van der Waals surface area contributed by atoms with Crippen LogP contribution >= 0.6 is 0 Å². The van der Waals surface area contributed by atoms with Gasteiger partial charge in [-0.05, 0) is 19.1 Å². The number of quaternary nitrogens is 1. The van der Waals surface area contributed by atoms with Crippen LogP contribution in [0.3, 0.4) is 0 Å². The van der Waals surface area contributed by atoms with E-state index in [4.69, 9.17) is 0 Å². The van der Waals surface area contributed by atoms with Crippen LogP contribution in [0.25, 0.3) is 0 Å². The van der Waals surface area contributed by atoms with E-state index in [2.05, 4.69) is 10.3 Å². The van der Waals surface area contributed by atoms with E-state index < -0.39 is 11.9 Å². The molecule has 1 heterocycles. The second kappa shape index (κ2) is 8.73. The Bertz CT molecular complexity index is 1040. The average molecular weight is 421 g/mol. The molecule has 0 spiro atoms. The molecular formula is C24H28N4O3. The van der Waals surface area contributed by atoms with Crippen molar-refractivity contribution in [1.82, 2.24) is 14.7 Å². The molecule has 2 aromatic rings. The molecule has 1 aliphatic heterocycles. The molecule has 0 aliphatic carbocycles. The molecule has 0 saturated carbocycles. The molecule has 0 saturated heterocycles. The highest BCUT2D eigenvalue weighted by Gasteiger charge is 2.51. The number of hydrogen-bond donors (Lipinski definition) is 1. The van der Waals surface area contributed by atoms with Gasteiger partial charge in [0, 0.05) is 37.7 Å². The summed E-state index contributed by atoms with van der Waals surface area (Å²) in [6, 6.07) is 16.4. The van der Waals surface area contributed by atoms with Crippen molar-refractivity contribution in [2.75, 3.05) is 20.6 Å². The van der Waals surface area contributed by atoms with E-state index in [1.807, 2.05) is 77.3 Å². The summed E-state index contributed by atoms with van der Waals surface area (Å²) in [5.74, 6) is -1.17. The van der Waals surface area contributed by atoms with Gasteiger partial charge in [-0.1, -0.05) is 49.7 Å². The fourth-order valence-electron chi connectivity index (χ4n) is 3.94. The minimum Gasteiger partial charge on any atom is -0.540 e. The van der Waals surface area contributed by atoms with Crippen molar-refractivity contribution in [3.63, 3.8) is 0 Å². The zero-order valence-electron chi connectivity index (χ0n) is 18.5. The predicted molar refractivity (Wildman–Crippen MR) is 120 cm³/mol. The maximum absolute atomic E-state index is 12.9. The fraction of sp³-hybridized carbons (Fsp3) is 0.292. The highest BCUT2D eigenvalue weighted by molar-refractivity contribution is 6.07. The second-order valence-electron chi connectivity index (χ2n) is 8.33. The van der Waals surface area contributed by atoms with Crippen molar-refractivity contribution in [3.05, 3.63) is 77.2 Å². The Morgan fingerprint density at radius 1 is 1.06 bits per heavy atom. The summed E-state index contributed by atoms with van der Waals surface area (Å²) in [5, 5.41) is 15.2. The smallest absolute Gasteiger partial charge is 0.317 e. The first kappa shape index (κ1) is 22.2. The molecule has 0 aromatic heterocycles. The lowest BCUT2D eigenvalue weighted by Crippen LogP contribution is -2.61. The van der Waals surface area contributed by atoms with Crippen LogP contribution < -0.4 is 14.9 Å². The number of hydrogen-bond acceptors (Lipinski definition) is 5. The average Bonchev–Trinajstić information content (AvgIpc) is 3.03. The second-order valence-corrected chi connectivity index (χ2v) is 8.33. The largest absolute Gasteiger partial charge is 0.540 e. The van der Waals surface area contributed by atoms with Gasteiger partial charge in [0.2, 0.25) is 11.5 Å². The van der Waals surface area contributed by atoms with Crippen molar-refractivity contribution < 1.29 is 14.7 Å². The van der Waals surface area contributed by atoms with Crippen LogP contribution in [0.5, 0.6) is 0 Å². The standard InChI is InChI=1S/C24H28N4O3/c1-16(2)15-28(19-9-7-6-8-10-19)20(23(30)31)21(26-24(28)27(4)5)25-22(29)18-13-11-17(3)12-14-18/h6-14,16H,15H2,1-5H3,(H-,25,29,30,31). The van der Waals surface area contributed by atoms with Crippen molar-refractivity contribution in [1.29, 1.82) is 0 Å². The molecular weight excluding hydrogens is 392 g/mol. The Morgan fingerprint density at radius 2 is 1.68 bits per heavy atom. The van der Waals surface area contributed by atoms with E-state index in [1.165, 1.54) is 0 Å². The highest BCUT2D eigenvalue weighted by Crippen LogP contribution is 2.37. The Hall–Kier alpha value is -3.45. The number of aliphatic imine (C=N–C) groups is 1. The molecule has 1 atom stereocenters. The molecule has 0 radical (unpaired) electrons. The van der Waals surface area contributed by atoms with Gasteiger partial charge < -0.3 is 20.1 Å². The number of carboxylic acid groups (broad SMARTS) is 1. The van der Waals surface area contributed by atoms with Crippen molar-refractivity contribution in [3.8, 4) is 0 Å². The van der Waals surface area contributed by atoms with Crippen LogP contribution in [0.15, 0.2) is 71.1 Å². The van der Waals surface area contributed by atoms with Gasteiger partial charge in [0.1, 0.15) is 11.7 Å². The van der Waals surface area contributed by atoms with Gasteiger partial charge in [-0.25, -0.2) is 0 Å². The first-order valence-corrected chi connectivity index (χ1v) is 10.2. The van der Waals surface area contributed by atoms with Gasteiger partial charge >= 0.3 is 5.96 Å². The van der Waals surface area contributed by atoms with E-state index in [0.717, 1.165) is 11.3 Å². The number of benzene rings is 2. The predicted octanol–water partition coefficient (Wildman–Crippen LogP) is 2.24. The fourth-order valence-corrected chi connectivity index (χ4v) is 3.94. The van der Waals surface area contributed by atoms with Gasteiger partial charge in [0.25, 0.3) is 5.91 Å². The zero-order valence-corrected chi connectivity index (χ0v) is 18.5. The summed E-state index contributed by atoms with van der Waals surface area (Å²) < 4.78 is -0.142. The molecule has 1 N–H and O–H groups in total. The number of carbonyl (C=O) groups excluding carboxylic acids is 2. The number of para-hydroxylation sites is 1. The summed E-state index contributed by atoms with van der Waals surface area (Å²) in [6.07, 6.45) is 0. The van der Waals surface area contributed by atoms with Crippen LogP contribution in [0.4, 0.5) is 5.69 Å². The van der Waals surface area contributed by atoms with Gasteiger partial charge in [-0.15, -0.1) is 0 Å². The number of carboxylic acids is 1. The number of guanidine groups is 1. The molecule has 0 fully saturated rings. The zero-order chi connectivity index (χ0) is 22.8. The normalized spacial score (nSPS) is 18.2. The lowest BCUT2D eigenvalue weighted by molar-refractivity contribution is -0.300. The van der Waals surface area contributed by atoms with Gasteiger partial charge in [-0.3, -0.25) is 4.79 Å². The van der Waals surface area contributed by atoms with E-state index in [0.29, 0.717) is 18.1 Å². The third kappa shape index (κ3) is 4.22. The number of aliphatic carboxylic acids is 1. The summed E-state index contributed by atoms with van der Waals surface area (Å²) in [4.78, 5) is 31.7. The SMILES string of the molecule is Cc1ccc(C(=O)NC2=C(C(=O)[O-])[N+](CC(C)C)(c3ccccc3)C(N(C)C)=N2)cc1. The molecule has 7 nitrogen and oxygen atoms in total. The number of carbonyl (C=O) groups is 2. The number of rotatable bonds is 6. The monoisotopic (exact) mass is 420 g/mol. The first-order chi connectivity index (χ1) is 14.7. The van der Waals surface area contributed by atoms with Crippen molar-refractivity contribution in [2.45, 2.75) is 20.8 Å². The summed E-state index contributed by atoms with van der Waals surface area (Å²) in [7, 11) is 3.62. The molecule has 31 heavy (non-hydrogen) atoms. The van der Waals surface area contributed by atoms with Crippen LogP contribution in [0, 0.1) is 12.8 Å². The third-order valence-corrected chi connectivity index (χ3v) is 5.13. The molecule has 2 aromatic carbocycles. The van der Waals surface area contributed by atoms with Crippen LogP contribution in [-0.2, 0) is 4.79 Å². The minimum absolute atomic E-state index is 0.00113. The van der Waals surface area contributed by atoms with Crippen molar-refractivity contribution >= 4 is 23.5 Å². The number of nitrogens with zero attached hydrogens (tertiary/aromatic N) is 3. The number of nitrogens with one attached hydrogen (secondary N) is 1. The summed E-state index contributed by atoms with van der Waals surface area (Å²) in [5.41, 5.74) is 2.11. The minimum atomic E-state index is -1.37. The highest BCUT2D eigenvalue weighted by atomic mass is 16.4. The van der Waals surface area contributed by atoms with E-state index in [1.54, 1.807) is 17.0 Å². The number of aryl methyl sites for hydroxylation is 1. The van der Waals surface area contributed by atoms with Crippen molar-refractivity contribution in [2.24, 2.45) is 10.9 Å². The van der Waals surface area contributed by atoms with Crippen LogP contribution in [0.1, 0.15) is 29.8 Å². The lowest BCUT2D eigenvalue weighted by atomic mass is 10.1. The molecule has 0 bridgehead atoms. The number of amides is 1. The Balaban J connectivity index is 2.19. The molecule has 162 valence electrons. The Morgan fingerprint density at radius 3 is 2.19 bits per heavy atom. The lowest BCUT2D eigenvalue weighted by Gasteiger charge is -2.39. The quantitative estimate of drug-likeness (QED) is 0.727. The van der Waals surface area contributed by atoms with Gasteiger partial charge in [0.15, 0.2) is 0 Å². The Kier molecular flexibility index (Phi) is 6.27. The molecule has 1 unspecified atom stereocenters. The van der Waals surface area contributed by atoms with Crippen LogP contribution in [0.2, 0.25) is 0 Å². The molecule has 1 aliphatic rings. The van der Waals surface area contributed by atoms with Crippen LogP contribution in [-0.4, -0.2) is 43.4 Å². The van der Waals surface area contributed by atoms with E-state index in [9.17, 15) is 14.7 Å². The van der Waals surface area contributed by atoms with E-state index in [-0.39, 0.29) is 21.9 Å². The molecule has 7 heteroatoms. The first-order valence-electron chi connectivity index (χ1n) is 10.2. The maximum Gasteiger partial charge on any atom is 0.317 e. The van der Waals surface area contributed by atoms with Gasteiger partial charge in [-0.2, -0.15) is 9.48 Å². The topological polar surface area (TPSA) is 84.8 Å². The summed E-state index contributed by atoms with van der Waals surface area (Å²) in [6.45, 7) is 6.41. The molecule has 1 amide bonds.